The molecule has 142 valence electrons. The summed E-state index contributed by atoms with van der Waals surface area (Å²) in [6, 6.07) is 5.85. The van der Waals surface area contributed by atoms with Gasteiger partial charge >= 0.3 is 6.09 Å². The van der Waals surface area contributed by atoms with E-state index in [1.807, 2.05) is 44.2 Å². The van der Waals surface area contributed by atoms with Crippen molar-refractivity contribution in [2.24, 2.45) is 0 Å². The average molecular weight is 361 g/mol. The summed E-state index contributed by atoms with van der Waals surface area (Å²) in [7, 11) is 1.39. The van der Waals surface area contributed by atoms with Crippen LogP contribution in [0, 0.1) is 0 Å². The SMILES string of the molecule is C=COCC(C)(C)OCC=CCOc1cccc2c1CN(C(=O)OC)C2. The highest BCUT2D eigenvalue weighted by Gasteiger charge is 2.26. The molecule has 1 aromatic carbocycles. The number of methoxy groups -OCH3 is 1. The molecule has 0 saturated heterocycles. The molecule has 2 rings (SSSR count). The maximum atomic E-state index is 11.7. The van der Waals surface area contributed by atoms with Gasteiger partial charge in [-0.25, -0.2) is 4.79 Å². The first-order chi connectivity index (χ1) is 12.5. The molecule has 6 heteroatoms. The van der Waals surface area contributed by atoms with E-state index in [0.717, 1.165) is 16.9 Å². The number of rotatable bonds is 9. The van der Waals surface area contributed by atoms with Gasteiger partial charge in [0, 0.05) is 12.1 Å². The van der Waals surface area contributed by atoms with Crippen LogP contribution in [0.5, 0.6) is 5.75 Å². The highest BCUT2D eigenvalue weighted by atomic mass is 16.5. The first-order valence-corrected chi connectivity index (χ1v) is 8.55. The number of amides is 1. The molecule has 0 aliphatic carbocycles. The molecule has 1 amide bonds. The van der Waals surface area contributed by atoms with Gasteiger partial charge in [-0.2, -0.15) is 0 Å². The third-order valence-corrected chi connectivity index (χ3v) is 3.99. The molecule has 26 heavy (non-hydrogen) atoms. The summed E-state index contributed by atoms with van der Waals surface area (Å²) in [6.45, 7) is 9.84. The molecule has 0 saturated carbocycles. The zero-order valence-electron chi connectivity index (χ0n) is 15.7. The molecule has 1 heterocycles. The number of carbonyl (C=O) groups excluding carboxylic acids is 1. The van der Waals surface area contributed by atoms with Gasteiger partial charge in [-0.05, 0) is 31.6 Å². The first-order valence-electron chi connectivity index (χ1n) is 8.55. The van der Waals surface area contributed by atoms with E-state index in [9.17, 15) is 4.79 Å². The third kappa shape index (κ3) is 5.52. The Hall–Kier alpha value is -2.47. The van der Waals surface area contributed by atoms with Crippen LogP contribution >= 0.6 is 0 Å². The van der Waals surface area contributed by atoms with Crippen LogP contribution in [-0.2, 0) is 27.3 Å². The first kappa shape index (κ1) is 19.8. The lowest BCUT2D eigenvalue weighted by molar-refractivity contribution is -0.0443. The third-order valence-electron chi connectivity index (χ3n) is 3.99. The summed E-state index contributed by atoms with van der Waals surface area (Å²) in [4.78, 5) is 13.3. The minimum Gasteiger partial charge on any atom is -0.499 e. The van der Waals surface area contributed by atoms with Crippen molar-refractivity contribution in [3.8, 4) is 5.75 Å². The quantitative estimate of drug-likeness (QED) is 0.496. The molecule has 0 spiro atoms. The summed E-state index contributed by atoms with van der Waals surface area (Å²) in [5, 5.41) is 0. The number of benzene rings is 1. The van der Waals surface area contributed by atoms with Crippen LogP contribution in [0.3, 0.4) is 0 Å². The molecule has 0 radical (unpaired) electrons. The van der Waals surface area contributed by atoms with Crippen molar-refractivity contribution in [3.63, 3.8) is 0 Å². The number of hydrogen-bond donors (Lipinski definition) is 0. The van der Waals surface area contributed by atoms with Crippen LogP contribution in [0.1, 0.15) is 25.0 Å². The van der Waals surface area contributed by atoms with Crippen LogP contribution in [0.25, 0.3) is 0 Å². The fraction of sp³-hybridized carbons (Fsp3) is 0.450. The van der Waals surface area contributed by atoms with Crippen LogP contribution < -0.4 is 4.74 Å². The number of fused-ring (bicyclic) bond motifs is 1. The molecular weight excluding hydrogens is 334 g/mol. The Kier molecular flexibility index (Phi) is 7.09. The van der Waals surface area contributed by atoms with E-state index in [1.165, 1.54) is 13.4 Å². The van der Waals surface area contributed by atoms with E-state index < -0.39 is 0 Å². The van der Waals surface area contributed by atoms with E-state index in [1.54, 1.807) is 4.90 Å². The van der Waals surface area contributed by atoms with E-state index >= 15 is 0 Å². The van der Waals surface area contributed by atoms with Crippen molar-refractivity contribution >= 4 is 6.09 Å². The molecular formula is C20H27NO5. The molecule has 0 bridgehead atoms. The predicted molar refractivity (Wildman–Crippen MR) is 98.9 cm³/mol. The Bertz CT molecular complexity index is 654. The van der Waals surface area contributed by atoms with Crippen molar-refractivity contribution in [2.75, 3.05) is 26.9 Å². The van der Waals surface area contributed by atoms with E-state index in [2.05, 4.69) is 6.58 Å². The van der Waals surface area contributed by atoms with E-state index in [-0.39, 0.29) is 11.7 Å². The van der Waals surface area contributed by atoms with Gasteiger partial charge in [-0.1, -0.05) is 24.8 Å². The van der Waals surface area contributed by atoms with Gasteiger partial charge in [0.2, 0.25) is 0 Å². The molecule has 0 atom stereocenters. The van der Waals surface area contributed by atoms with Gasteiger partial charge in [0.25, 0.3) is 0 Å². The van der Waals surface area contributed by atoms with Gasteiger partial charge in [-0.15, -0.1) is 0 Å². The normalized spacial score (nSPS) is 13.6. The zero-order chi connectivity index (χ0) is 19.0. The molecule has 1 aromatic rings. The smallest absolute Gasteiger partial charge is 0.410 e. The Labute approximate surface area is 155 Å². The summed E-state index contributed by atoms with van der Waals surface area (Å²) in [5.74, 6) is 0.791. The van der Waals surface area contributed by atoms with Crippen molar-refractivity contribution in [1.82, 2.24) is 4.90 Å². The van der Waals surface area contributed by atoms with Crippen molar-refractivity contribution < 1.29 is 23.7 Å². The molecule has 0 unspecified atom stereocenters. The fourth-order valence-corrected chi connectivity index (χ4v) is 2.63. The van der Waals surface area contributed by atoms with Gasteiger partial charge in [0.15, 0.2) is 0 Å². The van der Waals surface area contributed by atoms with Crippen molar-refractivity contribution in [3.05, 3.63) is 54.3 Å². The average Bonchev–Trinajstić information content (AvgIpc) is 3.07. The summed E-state index contributed by atoms with van der Waals surface area (Å²) in [5.41, 5.74) is 1.74. The second kappa shape index (κ2) is 9.29. The minimum absolute atomic E-state index is 0.327. The molecule has 0 N–H and O–H groups in total. The molecule has 0 aromatic heterocycles. The maximum absolute atomic E-state index is 11.7. The number of carbonyl (C=O) groups is 1. The van der Waals surface area contributed by atoms with Crippen molar-refractivity contribution in [2.45, 2.75) is 32.5 Å². The number of hydrogen-bond acceptors (Lipinski definition) is 5. The molecule has 6 nitrogen and oxygen atoms in total. The summed E-state index contributed by atoms with van der Waals surface area (Å²) in [6.07, 6.45) is 4.91. The maximum Gasteiger partial charge on any atom is 0.410 e. The van der Waals surface area contributed by atoms with Crippen LogP contribution in [0.15, 0.2) is 43.2 Å². The van der Waals surface area contributed by atoms with Gasteiger partial charge < -0.3 is 18.9 Å². The lowest BCUT2D eigenvalue weighted by atomic mass is 10.1. The Balaban J connectivity index is 1.80. The highest BCUT2D eigenvalue weighted by Crippen LogP contribution is 2.31. The minimum atomic E-state index is -0.378. The fourth-order valence-electron chi connectivity index (χ4n) is 2.63. The monoisotopic (exact) mass is 361 g/mol. The zero-order valence-corrected chi connectivity index (χ0v) is 15.7. The Morgan fingerprint density at radius 3 is 2.77 bits per heavy atom. The van der Waals surface area contributed by atoms with Gasteiger partial charge in [-0.3, -0.25) is 4.90 Å². The number of ether oxygens (including phenoxy) is 4. The van der Waals surface area contributed by atoms with Gasteiger partial charge in [0.1, 0.15) is 19.0 Å². The van der Waals surface area contributed by atoms with Crippen LogP contribution in [-0.4, -0.2) is 43.5 Å². The summed E-state index contributed by atoms with van der Waals surface area (Å²) >= 11 is 0. The van der Waals surface area contributed by atoms with Crippen LogP contribution in [0.2, 0.25) is 0 Å². The second-order valence-corrected chi connectivity index (χ2v) is 6.55. The molecule has 0 fully saturated rings. The number of nitrogens with zero attached hydrogens (tertiary/aromatic N) is 1. The van der Waals surface area contributed by atoms with E-state index in [0.29, 0.717) is 32.9 Å². The molecule has 1 aliphatic rings. The van der Waals surface area contributed by atoms with Crippen LogP contribution in [0.4, 0.5) is 4.79 Å². The van der Waals surface area contributed by atoms with Crippen molar-refractivity contribution in [1.29, 1.82) is 0 Å². The predicted octanol–water partition coefficient (Wildman–Crippen LogP) is 3.66. The topological polar surface area (TPSA) is 57.2 Å². The highest BCUT2D eigenvalue weighted by molar-refractivity contribution is 5.69. The molecule has 1 aliphatic heterocycles. The van der Waals surface area contributed by atoms with E-state index in [4.69, 9.17) is 18.9 Å². The Morgan fingerprint density at radius 2 is 2.04 bits per heavy atom. The largest absolute Gasteiger partial charge is 0.499 e. The lowest BCUT2D eigenvalue weighted by Crippen LogP contribution is -2.30. The Morgan fingerprint density at radius 1 is 1.27 bits per heavy atom. The van der Waals surface area contributed by atoms with Gasteiger partial charge in [0.05, 0.1) is 32.1 Å². The lowest BCUT2D eigenvalue weighted by Gasteiger charge is -2.23. The summed E-state index contributed by atoms with van der Waals surface area (Å²) < 4.78 is 21.5. The standard InChI is InChI=1S/C20H27NO5/c1-5-24-15-20(2,3)26-12-7-6-11-25-18-10-8-9-16-13-21(14-17(16)18)19(22)23-4/h5-10H,1,11-15H2,2-4H3. The second-order valence-electron chi connectivity index (χ2n) is 6.55.